The van der Waals surface area contributed by atoms with E-state index < -0.39 is 0 Å². The standard InChI is InChI=1S/C10H11N/c1-3-5-9-6-7-11-10(4-2)8-9/h2,6-8H,3,5H2,1H3. The third-order valence-electron chi connectivity index (χ3n) is 1.51. The maximum atomic E-state index is 5.20. The first-order valence-corrected chi connectivity index (χ1v) is 3.78. The fourth-order valence-electron chi connectivity index (χ4n) is 0.997. The molecule has 0 atom stereocenters. The van der Waals surface area contributed by atoms with Crippen molar-refractivity contribution in [2.75, 3.05) is 0 Å². The number of hydrogen-bond acceptors (Lipinski definition) is 1. The van der Waals surface area contributed by atoms with E-state index in [9.17, 15) is 0 Å². The molecule has 1 aromatic rings. The highest BCUT2D eigenvalue weighted by atomic mass is 14.6. The Kier molecular flexibility index (Phi) is 2.68. The largest absolute Gasteiger partial charge is 0.248 e. The lowest BCUT2D eigenvalue weighted by Crippen LogP contribution is -1.86. The zero-order valence-corrected chi connectivity index (χ0v) is 6.67. The van der Waals surface area contributed by atoms with Gasteiger partial charge in [0.2, 0.25) is 0 Å². The van der Waals surface area contributed by atoms with E-state index in [1.807, 2.05) is 12.1 Å². The lowest BCUT2D eigenvalue weighted by molar-refractivity contribution is 0.917. The van der Waals surface area contributed by atoms with Crippen LogP contribution in [0.25, 0.3) is 0 Å². The maximum Gasteiger partial charge on any atom is 0.113 e. The molecule has 0 bridgehead atoms. The van der Waals surface area contributed by atoms with Crippen LogP contribution in [0.2, 0.25) is 0 Å². The van der Waals surface area contributed by atoms with Gasteiger partial charge in [-0.15, -0.1) is 6.42 Å². The van der Waals surface area contributed by atoms with Crippen molar-refractivity contribution in [2.24, 2.45) is 0 Å². The highest BCUT2D eigenvalue weighted by Gasteiger charge is 1.91. The number of rotatable bonds is 2. The van der Waals surface area contributed by atoms with Crippen molar-refractivity contribution in [3.8, 4) is 12.3 Å². The molecule has 1 heteroatoms. The number of terminal acetylenes is 1. The van der Waals surface area contributed by atoms with Gasteiger partial charge >= 0.3 is 0 Å². The first-order chi connectivity index (χ1) is 5.36. The van der Waals surface area contributed by atoms with Crippen LogP contribution in [0.15, 0.2) is 18.3 Å². The Morgan fingerprint density at radius 1 is 1.64 bits per heavy atom. The molecule has 11 heavy (non-hydrogen) atoms. The molecular formula is C10H11N. The van der Waals surface area contributed by atoms with Crippen molar-refractivity contribution in [1.29, 1.82) is 0 Å². The Bertz CT molecular complexity index is 270. The summed E-state index contributed by atoms with van der Waals surface area (Å²) >= 11 is 0. The van der Waals surface area contributed by atoms with E-state index in [4.69, 9.17) is 6.42 Å². The third-order valence-corrected chi connectivity index (χ3v) is 1.51. The van der Waals surface area contributed by atoms with Crippen LogP contribution in [0.3, 0.4) is 0 Å². The monoisotopic (exact) mass is 145 g/mol. The van der Waals surface area contributed by atoms with Crippen LogP contribution in [-0.4, -0.2) is 4.98 Å². The highest BCUT2D eigenvalue weighted by Crippen LogP contribution is 2.03. The predicted octanol–water partition coefficient (Wildman–Crippen LogP) is 2.02. The van der Waals surface area contributed by atoms with Crippen LogP contribution in [0.1, 0.15) is 24.6 Å². The maximum absolute atomic E-state index is 5.20. The van der Waals surface area contributed by atoms with Gasteiger partial charge < -0.3 is 0 Å². The minimum atomic E-state index is 0.732. The van der Waals surface area contributed by atoms with E-state index in [-0.39, 0.29) is 0 Å². The summed E-state index contributed by atoms with van der Waals surface area (Å²) in [6.07, 6.45) is 9.19. The summed E-state index contributed by atoms with van der Waals surface area (Å²) in [5.74, 6) is 2.51. The summed E-state index contributed by atoms with van der Waals surface area (Å²) in [5, 5.41) is 0. The van der Waals surface area contributed by atoms with Gasteiger partial charge in [0.05, 0.1) is 0 Å². The number of hydrogen-bond donors (Lipinski definition) is 0. The molecule has 0 N–H and O–H groups in total. The minimum absolute atomic E-state index is 0.732. The molecule has 1 nitrogen and oxygen atoms in total. The number of nitrogens with zero attached hydrogens (tertiary/aromatic N) is 1. The van der Waals surface area contributed by atoms with Gasteiger partial charge in [-0.25, -0.2) is 4.98 Å². The average Bonchev–Trinajstić information content (AvgIpc) is 2.06. The molecule has 0 aliphatic rings. The summed E-state index contributed by atoms with van der Waals surface area (Å²) in [6, 6.07) is 3.97. The molecule has 1 aromatic heterocycles. The molecular weight excluding hydrogens is 134 g/mol. The molecule has 0 unspecified atom stereocenters. The van der Waals surface area contributed by atoms with E-state index in [0.29, 0.717) is 0 Å². The van der Waals surface area contributed by atoms with Crippen LogP contribution in [0, 0.1) is 12.3 Å². The third kappa shape index (κ3) is 2.09. The SMILES string of the molecule is C#Cc1cc(CCC)ccn1. The van der Waals surface area contributed by atoms with Gasteiger partial charge in [0, 0.05) is 6.20 Å². The average molecular weight is 145 g/mol. The molecule has 56 valence electrons. The molecule has 0 radical (unpaired) electrons. The van der Waals surface area contributed by atoms with Crippen LogP contribution in [0.5, 0.6) is 0 Å². The molecule has 0 saturated carbocycles. The second-order valence-electron chi connectivity index (χ2n) is 2.44. The molecule has 1 rings (SSSR count). The van der Waals surface area contributed by atoms with Crippen LogP contribution in [0.4, 0.5) is 0 Å². The van der Waals surface area contributed by atoms with Crippen LogP contribution >= 0.6 is 0 Å². The summed E-state index contributed by atoms with van der Waals surface area (Å²) < 4.78 is 0. The van der Waals surface area contributed by atoms with Crippen molar-refractivity contribution >= 4 is 0 Å². The summed E-state index contributed by atoms with van der Waals surface area (Å²) in [4.78, 5) is 4.00. The quantitative estimate of drug-likeness (QED) is 0.580. The minimum Gasteiger partial charge on any atom is -0.248 e. The Labute approximate surface area is 67.5 Å². The number of aromatic nitrogens is 1. The van der Waals surface area contributed by atoms with Crippen molar-refractivity contribution in [3.63, 3.8) is 0 Å². The second kappa shape index (κ2) is 3.78. The van der Waals surface area contributed by atoms with Gasteiger partial charge in [-0.2, -0.15) is 0 Å². The van der Waals surface area contributed by atoms with Crippen molar-refractivity contribution in [2.45, 2.75) is 19.8 Å². The Morgan fingerprint density at radius 3 is 3.09 bits per heavy atom. The smallest absolute Gasteiger partial charge is 0.113 e. The molecule has 0 aliphatic heterocycles. The van der Waals surface area contributed by atoms with E-state index in [0.717, 1.165) is 18.5 Å². The lowest BCUT2D eigenvalue weighted by Gasteiger charge is -1.96. The van der Waals surface area contributed by atoms with Gasteiger partial charge in [0.15, 0.2) is 0 Å². The van der Waals surface area contributed by atoms with Gasteiger partial charge in [0.25, 0.3) is 0 Å². The molecule has 0 saturated heterocycles. The summed E-state index contributed by atoms with van der Waals surface area (Å²) in [7, 11) is 0. The van der Waals surface area contributed by atoms with Crippen molar-refractivity contribution in [3.05, 3.63) is 29.6 Å². The Balaban J connectivity index is 2.85. The topological polar surface area (TPSA) is 12.9 Å². The lowest BCUT2D eigenvalue weighted by atomic mass is 10.1. The van der Waals surface area contributed by atoms with E-state index in [1.165, 1.54) is 5.56 Å². The predicted molar refractivity (Wildman–Crippen MR) is 46.2 cm³/mol. The first kappa shape index (κ1) is 7.81. The molecule has 0 aliphatic carbocycles. The van der Waals surface area contributed by atoms with Crippen LogP contribution in [-0.2, 0) is 6.42 Å². The van der Waals surface area contributed by atoms with Crippen molar-refractivity contribution in [1.82, 2.24) is 4.98 Å². The molecule has 1 heterocycles. The highest BCUT2D eigenvalue weighted by molar-refractivity contribution is 5.28. The van der Waals surface area contributed by atoms with Gasteiger partial charge in [-0.1, -0.05) is 19.3 Å². The summed E-state index contributed by atoms with van der Waals surface area (Å²) in [5.41, 5.74) is 2.01. The second-order valence-corrected chi connectivity index (χ2v) is 2.44. The van der Waals surface area contributed by atoms with Gasteiger partial charge in [-0.3, -0.25) is 0 Å². The van der Waals surface area contributed by atoms with Gasteiger partial charge in [0.1, 0.15) is 5.69 Å². The molecule has 0 aromatic carbocycles. The molecule has 0 amide bonds. The van der Waals surface area contributed by atoms with Crippen LogP contribution < -0.4 is 0 Å². The molecule has 0 fully saturated rings. The fraction of sp³-hybridized carbons (Fsp3) is 0.300. The van der Waals surface area contributed by atoms with E-state index >= 15 is 0 Å². The van der Waals surface area contributed by atoms with E-state index in [2.05, 4.69) is 17.8 Å². The Hall–Kier alpha value is -1.29. The molecule has 0 spiro atoms. The van der Waals surface area contributed by atoms with E-state index in [1.54, 1.807) is 6.20 Å². The summed E-state index contributed by atoms with van der Waals surface area (Å²) in [6.45, 7) is 2.15. The number of aryl methyl sites for hydroxylation is 1. The van der Waals surface area contributed by atoms with Gasteiger partial charge in [-0.05, 0) is 24.1 Å². The van der Waals surface area contributed by atoms with Crippen molar-refractivity contribution < 1.29 is 0 Å². The fourth-order valence-corrected chi connectivity index (χ4v) is 0.997. The normalized spacial score (nSPS) is 9.09. The number of pyridine rings is 1. The Morgan fingerprint density at radius 2 is 2.45 bits per heavy atom. The zero-order chi connectivity index (χ0) is 8.10. The first-order valence-electron chi connectivity index (χ1n) is 3.78. The zero-order valence-electron chi connectivity index (χ0n) is 6.67.